The minimum absolute atomic E-state index is 0.0185. The molecule has 0 unspecified atom stereocenters. The number of para-hydroxylation sites is 1. The fourth-order valence-corrected chi connectivity index (χ4v) is 2.81. The lowest BCUT2D eigenvalue weighted by atomic mass is 10.1. The Morgan fingerprint density at radius 3 is 2.58 bits per heavy atom. The molecule has 0 radical (unpaired) electrons. The van der Waals surface area contributed by atoms with Crippen molar-refractivity contribution in [2.45, 2.75) is 26.2 Å². The van der Waals surface area contributed by atoms with E-state index in [0.29, 0.717) is 12.8 Å². The first kappa shape index (κ1) is 18.2. The van der Waals surface area contributed by atoms with E-state index in [1.807, 2.05) is 55.5 Å². The number of aryl methyl sites for hydroxylation is 2. The first-order chi connectivity index (χ1) is 11.6. The van der Waals surface area contributed by atoms with E-state index < -0.39 is 0 Å². The average Bonchev–Trinajstić information content (AvgIpc) is 2.58. The molecule has 126 valence electrons. The fraction of sp³-hybridized carbons (Fsp3) is 0.263. The van der Waals surface area contributed by atoms with E-state index in [9.17, 15) is 9.59 Å². The van der Waals surface area contributed by atoms with Gasteiger partial charge in [-0.3, -0.25) is 9.59 Å². The van der Waals surface area contributed by atoms with Crippen LogP contribution in [0.25, 0.3) is 0 Å². The zero-order valence-corrected chi connectivity index (χ0v) is 15.2. The van der Waals surface area contributed by atoms with Gasteiger partial charge in [-0.15, -0.1) is 0 Å². The van der Waals surface area contributed by atoms with Gasteiger partial charge in [0.1, 0.15) is 0 Å². The lowest BCUT2D eigenvalue weighted by molar-refractivity contribution is -0.124. The molecule has 2 amide bonds. The molecule has 0 fully saturated rings. The van der Waals surface area contributed by atoms with Crippen LogP contribution in [0.1, 0.15) is 24.5 Å². The summed E-state index contributed by atoms with van der Waals surface area (Å²) in [6.07, 6.45) is 1.84. The molecule has 2 N–H and O–H groups in total. The lowest BCUT2D eigenvalue weighted by Crippen LogP contribution is -2.33. The number of amides is 2. The molecule has 0 saturated carbocycles. The van der Waals surface area contributed by atoms with E-state index in [2.05, 4.69) is 26.6 Å². The number of nitrogens with one attached hydrogen (secondary N) is 2. The summed E-state index contributed by atoms with van der Waals surface area (Å²) in [5.41, 5.74) is 2.96. The van der Waals surface area contributed by atoms with Gasteiger partial charge in [-0.1, -0.05) is 53.2 Å². The minimum Gasteiger partial charge on any atom is -0.347 e. The molecule has 0 aliphatic heterocycles. The van der Waals surface area contributed by atoms with E-state index in [1.54, 1.807) is 0 Å². The molecule has 0 atom stereocenters. The van der Waals surface area contributed by atoms with Crippen molar-refractivity contribution in [1.29, 1.82) is 0 Å². The van der Waals surface area contributed by atoms with Gasteiger partial charge in [0.2, 0.25) is 11.8 Å². The second-order valence-electron chi connectivity index (χ2n) is 5.47. The molecular formula is C19H21BrN2O2. The Morgan fingerprint density at radius 1 is 1.04 bits per heavy atom. The lowest BCUT2D eigenvalue weighted by Gasteiger charge is -2.10. The van der Waals surface area contributed by atoms with E-state index in [1.165, 1.54) is 0 Å². The van der Waals surface area contributed by atoms with Crippen LogP contribution < -0.4 is 10.6 Å². The summed E-state index contributed by atoms with van der Waals surface area (Å²) in [5.74, 6) is -0.347. The van der Waals surface area contributed by atoms with Gasteiger partial charge in [-0.05, 0) is 42.2 Å². The number of hydrogen-bond donors (Lipinski definition) is 2. The third kappa shape index (κ3) is 5.81. The Morgan fingerprint density at radius 2 is 1.83 bits per heavy atom. The highest BCUT2D eigenvalue weighted by molar-refractivity contribution is 9.10. The van der Waals surface area contributed by atoms with Crippen molar-refractivity contribution in [2.24, 2.45) is 0 Å². The van der Waals surface area contributed by atoms with Crippen LogP contribution in [0.15, 0.2) is 53.0 Å². The van der Waals surface area contributed by atoms with Gasteiger partial charge in [0.15, 0.2) is 0 Å². The van der Waals surface area contributed by atoms with Crippen LogP contribution in [-0.2, 0) is 22.4 Å². The molecule has 0 spiro atoms. The summed E-state index contributed by atoms with van der Waals surface area (Å²) >= 11 is 3.41. The van der Waals surface area contributed by atoms with Crippen molar-refractivity contribution in [3.63, 3.8) is 0 Å². The summed E-state index contributed by atoms with van der Waals surface area (Å²) in [5, 5.41) is 5.50. The number of halogens is 1. The Bertz CT molecular complexity index is 716. The molecule has 5 heteroatoms. The second kappa shape index (κ2) is 9.23. The molecule has 0 saturated heterocycles. The van der Waals surface area contributed by atoms with E-state index >= 15 is 0 Å². The van der Waals surface area contributed by atoms with Gasteiger partial charge >= 0.3 is 0 Å². The molecule has 4 nitrogen and oxygen atoms in total. The topological polar surface area (TPSA) is 58.2 Å². The summed E-state index contributed by atoms with van der Waals surface area (Å²) in [4.78, 5) is 23.9. The van der Waals surface area contributed by atoms with Crippen LogP contribution in [0, 0.1) is 0 Å². The van der Waals surface area contributed by atoms with Crippen LogP contribution in [-0.4, -0.2) is 18.4 Å². The molecule has 0 aliphatic rings. The Labute approximate surface area is 150 Å². The van der Waals surface area contributed by atoms with E-state index in [-0.39, 0.29) is 18.4 Å². The van der Waals surface area contributed by atoms with Crippen LogP contribution in [0.2, 0.25) is 0 Å². The number of anilines is 1. The first-order valence-corrected chi connectivity index (χ1v) is 8.76. The third-order valence-corrected chi connectivity index (χ3v) is 4.14. The number of carbonyl (C=O) groups excluding carboxylic acids is 2. The Hall–Kier alpha value is -2.14. The molecule has 2 aromatic carbocycles. The van der Waals surface area contributed by atoms with Gasteiger partial charge in [-0.25, -0.2) is 0 Å². The Balaban J connectivity index is 1.76. The predicted octanol–water partition coefficient (Wildman–Crippen LogP) is 3.70. The molecule has 2 aromatic rings. The van der Waals surface area contributed by atoms with Crippen LogP contribution in [0.4, 0.5) is 5.69 Å². The summed E-state index contributed by atoms with van der Waals surface area (Å²) in [7, 11) is 0. The van der Waals surface area contributed by atoms with E-state index in [4.69, 9.17) is 0 Å². The van der Waals surface area contributed by atoms with Gasteiger partial charge in [0.25, 0.3) is 0 Å². The third-order valence-electron chi connectivity index (χ3n) is 3.65. The fourth-order valence-electron chi connectivity index (χ4n) is 2.36. The number of carbonyl (C=O) groups is 2. The maximum Gasteiger partial charge on any atom is 0.243 e. The highest BCUT2D eigenvalue weighted by Gasteiger charge is 2.08. The standard InChI is InChI=1S/C19H21BrN2O2/c1-2-15-7-3-4-9-17(15)22-19(24)13-21-18(23)11-10-14-6-5-8-16(20)12-14/h3-9,12H,2,10-11,13H2,1H3,(H,21,23)(H,22,24). The predicted molar refractivity (Wildman–Crippen MR) is 99.9 cm³/mol. The van der Waals surface area contributed by atoms with Crippen LogP contribution in [0.5, 0.6) is 0 Å². The van der Waals surface area contributed by atoms with Gasteiger partial charge in [0, 0.05) is 16.6 Å². The quantitative estimate of drug-likeness (QED) is 0.759. The van der Waals surface area contributed by atoms with Gasteiger partial charge in [0.05, 0.1) is 6.54 Å². The average molecular weight is 389 g/mol. The van der Waals surface area contributed by atoms with Crippen molar-refractivity contribution < 1.29 is 9.59 Å². The maximum absolute atomic E-state index is 12.0. The minimum atomic E-state index is -0.216. The normalized spacial score (nSPS) is 10.2. The van der Waals surface area contributed by atoms with Crippen molar-refractivity contribution in [1.82, 2.24) is 5.32 Å². The largest absolute Gasteiger partial charge is 0.347 e. The van der Waals surface area contributed by atoms with Crippen LogP contribution >= 0.6 is 15.9 Å². The van der Waals surface area contributed by atoms with Crippen molar-refractivity contribution in [3.05, 3.63) is 64.1 Å². The molecule has 2 rings (SSSR count). The number of rotatable bonds is 7. The zero-order valence-electron chi connectivity index (χ0n) is 13.6. The second-order valence-corrected chi connectivity index (χ2v) is 6.38. The molecule has 24 heavy (non-hydrogen) atoms. The van der Waals surface area contributed by atoms with Crippen molar-refractivity contribution in [2.75, 3.05) is 11.9 Å². The van der Waals surface area contributed by atoms with Crippen molar-refractivity contribution >= 4 is 33.4 Å². The molecule has 0 aromatic heterocycles. The number of hydrogen-bond acceptors (Lipinski definition) is 2. The summed E-state index contributed by atoms with van der Waals surface area (Å²) in [6.45, 7) is 2.02. The van der Waals surface area contributed by atoms with Crippen LogP contribution in [0.3, 0.4) is 0 Å². The highest BCUT2D eigenvalue weighted by atomic mass is 79.9. The highest BCUT2D eigenvalue weighted by Crippen LogP contribution is 2.15. The SMILES string of the molecule is CCc1ccccc1NC(=O)CNC(=O)CCc1cccc(Br)c1. The summed E-state index contributed by atoms with van der Waals surface area (Å²) in [6, 6.07) is 15.5. The molecular weight excluding hydrogens is 368 g/mol. The molecule has 0 bridgehead atoms. The molecule has 0 aliphatic carbocycles. The Kier molecular flexibility index (Phi) is 7.00. The molecule has 0 heterocycles. The monoisotopic (exact) mass is 388 g/mol. The smallest absolute Gasteiger partial charge is 0.243 e. The van der Waals surface area contributed by atoms with Gasteiger partial charge in [-0.2, -0.15) is 0 Å². The maximum atomic E-state index is 12.0. The first-order valence-electron chi connectivity index (χ1n) is 7.97. The zero-order chi connectivity index (χ0) is 17.4. The van der Waals surface area contributed by atoms with E-state index in [0.717, 1.165) is 27.7 Å². The summed E-state index contributed by atoms with van der Waals surface area (Å²) < 4.78 is 0.995. The van der Waals surface area contributed by atoms with Crippen molar-refractivity contribution in [3.8, 4) is 0 Å². The van der Waals surface area contributed by atoms with Gasteiger partial charge < -0.3 is 10.6 Å². The number of benzene rings is 2.